The quantitative estimate of drug-likeness (QED) is 0.0516. The highest BCUT2D eigenvalue weighted by Crippen LogP contribution is 2.45. The summed E-state index contributed by atoms with van der Waals surface area (Å²) in [6, 6.07) is 50.8. The van der Waals surface area contributed by atoms with Crippen molar-refractivity contribution in [2.45, 2.75) is 26.4 Å². The van der Waals surface area contributed by atoms with Gasteiger partial charge in [-0.05, 0) is 52.6 Å². The monoisotopic (exact) mass is 726 g/mol. The summed E-state index contributed by atoms with van der Waals surface area (Å²) >= 11 is 0. The van der Waals surface area contributed by atoms with Gasteiger partial charge in [-0.2, -0.15) is 0 Å². The van der Waals surface area contributed by atoms with Crippen molar-refractivity contribution in [1.82, 2.24) is 0 Å². The van der Waals surface area contributed by atoms with Gasteiger partial charge in [-0.15, -0.1) is 9.35 Å². The maximum absolute atomic E-state index is 14.1. The first-order valence-electron chi connectivity index (χ1n) is 16.9. The van der Waals surface area contributed by atoms with Crippen LogP contribution >= 0.6 is 8.60 Å². The second kappa shape index (κ2) is 18.1. The van der Waals surface area contributed by atoms with Crippen molar-refractivity contribution in [3.8, 4) is 28.6 Å². The predicted molar refractivity (Wildman–Crippen MR) is 202 cm³/mol. The maximum Gasteiger partial charge on any atom is 0.457 e. The van der Waals surface area contributed by atoms with Gasteiger partial charge in [0.25, 0.3) is 0 Å². The van der Waals surface area contributed by atoms with Crippen molar-refractivity contribution < 1.29 is 37.5 Å². The Hall–Kier alpha value is -5.80. The Labute approximate surface area is 307 Å². The van der Waals surface area contributed by atoms with Gasteiger partial charge in [0.15, 0.2) is 17.3 Å². The van der Waals surface area contributed by atoms with Gasteiger partial charge in [0.05, 0.1) is 5.39 Å². The van der Waals surface area contributed by atoms with Crippen LogP contribution in [-0.2, 0) is 45.6 Å². The van der Waals surface area contributed by atoms with E-state index in [1.165, 1.54) is 0 Å². The predicted octanol–water partition coefficient (Wildman–Crippen LogP) is 10.5. The SMILES string of the molecule is O=c1c(OP(OOCc2ccccc2)OOCc2ccccc2)c(-c2ccc(OCc3ccccc3)c(OCc3ccccc3)c2)oc2ccccc12. The molecule has 7 rings (SSSR count). The number of hydrogen-bond acceptors (Lipinski definition) is 9. The molecule has 1 heterocycles. The molecule has 0 bridgehead atoms. The molecule has 266 valence electrons. The molecule has 0 N–H and O–H groups in total. The molecule has 0 amide bonds. The molecule has 9 nitrogen and oxygen atoms in total. The smallest absolute Gasteiger partial charge is 0.457 e. The van der Waals surface area contributed by atoms with E-state index in [4.69, 9.17) is 37.5 Å². The van der Waals surface area contributed by atoms with Gasteiger partial charge < -0.3 is 18.4 Å². The van der Waals surface area contributed by atoms with Crippen molar-refractivity contribution in [2.24, 2.45) is 0 Å². The minimum atomic E-state index is -2.45. The molecule has 0 atom stereocenters. The summed E-state index contributed by atoms with van der Waals surface area (Å²) in [5.74, 6) is 0.917. The largest absolute Gasteiger partial charge is 0.485 e. The number of fused-ring (bicyclic) bond motifs is 1. The Morgan fingerprint density at radius 2 is 0.962 bits per heavy atom. The molecule has 0 saturated heterocycles. The van der Waals surface area contributed by atoms with Gasteiger partial charge in [0.2, 0.25) is 11.2 Å². The maximum atomic E-state index is 14.1. The summed E-state index contributed by atoms with van der Waals surface area (Å²) in [5.41, 5.74) is 4.10. The van der Waals surface area contributed by atoms with Gasteiger partial charge in [-0.25, -0.2) is 9.78 Å². The summed E-state index contributed by atoms with van der Waals surface area (Å²) in [6.07, 6.45) is 0. The lowest BCUT2D eigenvalue weighted by Crippen LogP contribution is -2.10. The van der Waals surface area contributed by atoms with Crippen LogP contribution in [0.3, 0.4) is 0 Å². The summed E-state index contributed by atoms with van der Waals surface area (Å²) in [5, 5.41) is 0.306. The van der Waals surface area contributed by atoms with Gasteiger partial charge in [0.1, 0.15) is 32.0 Å². The van der Waals surface area contributed by atoms with Crippen molar-refractivity contribution in [3.63, 3.8) is 0 Å². The number of benzene rings is 6. The van der Waals surface area contributed by atoms with E-state index in [1.807, 2.05) is 121 Å². The first-order valence-corrected chi connectivity index (χ1v) is 18.0. The van der Waals surface area contributed by atoms with E-state index in [2.05, 4.69) is 0 Å². The molecule has 0 fully saturated rings. The summed E-state index contributed by atoms with van der Waals surface area (Å²) in [7, 11) is -2.45. The molecule has 0 saturated carbocycles. The van der Waals surface area contributed by atoms with E-state index in [9.17, 15) is 4.79 Å². The second-order valence-corrected chi connectivity index (χ2v) is 12.7. The van der Waals surface area contributed by atoms with Crippen molar-refractivity contribution >= 4 is 19.6 Å². The second-order valence-electron chi connectivity index (χ2n) is 11.8. The fraction of sp³-hybridized carbons (Fsp3) is 0.0930. The average molecular weight is 727 g/mol. The number of ether oxygens (including phenoxy) is 2. The van der Waals surface area contributed by atoms with Crippen LogP contribution in [0.25, 0.3) is 22.3 Å². The van der Waals surface area contributed by atoms with Crippen LogP contribution < -0.4 is 19.4 Å². The van der Waals surface area contributed by atoms with E-state index >= 15 is 0 Å². The van der Waals surface area contributed by atoms with E-state index in [-0.39, 0.29) is 31.3 Å². The van der Waals surface area contributed by atoms with E-state index in [0.29, 0.717) is 34.6 Å². The highest BCUT2D eigenvalue weighted by Gasteiger charge is 2.27. The van der Waals surface area contributed by atoms with Crippen LogP contribution in [0.15, 0.2) is 173 Å². The van der Waals surface area contributed by atoms with Gasteiger partial charge in [0, 0.05) is 5.56 Å². The van der Waals surface area contributed by atoms with Gasteiger partial charge in [-0.3, -0.25) is 4.79 Å². The molecule has 7 aromatic rings. The molecule has 0 spiro atoms. The van der Waals surface area contributed by atoms with E-state index in [0.717, 1.165) is 22.3 Å². The standard InChI is InChI=1S/C43H35O9P/c44-41-37-23-13-14-24-38(37)49-42(43(41)50-53(51-47-30-34-19-9-3-10-20-34)52-48-31-35-21-11-4-12-22-35)36-25-26-39(45-28-32-15-5-1-6-16-32)40(27-36)46-29-33-17-7-2-8-18-33/h1-27H,28-31H2. The third-order valence-corrected chi connectivity index (χ3v) is 8.75. The lowest BCUT2D eigenvalue weighted by Gasteiger charge is -2.18. The normalized spacial score (nSPS) is 11.1. The molecule has 0 radical (unpaired) electrons. The summed E-state index contributed by atoms with van der Waals surface area (Å²) in [6.45, 7) is 0.793. The lowest BCUT2D eigenvalue weighted by molar-refractivity contribution is -0.275. The molecule has 0 aliphatic carbocycles. The highest BCUT2D eigenvalue weighted by molar-refractivity contribution is 7.41. The van der Waals surface area contributed by atoms with Crippen molar-refractivity contribution in [2.75, 3.05) is 0 Å². The average Bonchev–Trinajstić information content (AvgIpc) is 3.22. The molecule has 1 aromatic heterocycles. The Morgan fingerprint density at radius 1 is 0.491 bits per heavy atom. The Kier molecular flexibility index (Phi) is 12.2. The summed E-state index contributed by atoms with van der Waals surface area (Å²) in [4.78, 5) is 25.2. The fourth-order valence-corrected chi connectivity index (χ4v) is 5.97. The Balaban J connectivity index is 1.22. The first kappa shape index (κ1) is 35.6. The lowest BCUT2D eigenvalue weighted by atomic mass is 10.1. The molecule has 0 aliphatic rings. The van der Waals surface area contributed by atoms with Crippen molar-refractivity contribution in [3.05, 3.63) is 196 Å². The Bertz CT molecular complexity index is 2200. The van der Waals surface area contributed by atoms with Crippen LogP contribution in [0.5, 0.6) is 17.2 Å². The highest BCUT2D eigenvalue weighted by atomic mass is 31.2. The van der Waals surface area contributed by atoms with Crippen LogP contribution in [0.1, 0.15) is 22.3 Å². The molecule has 6 aromatic carbocycles. The molecule has 0 unspecified atom stereocenters. The molecular weight excluding hydrogens is 691 g/mol. The number of hydrogen-bond donors (Lipinski definition) is 0. The van der Waals surface area contributed by atoms with Crippen LogP contribution in [0.4, 0.5) is 0 Å². The zero-order valence-electron chi connectivity index (χ0n) is 28.5. The van der Waals surface area contributed by atoms with Crippen LogP contribution in [0.2, 0.25) is 0 Å². The van der Waals surface area contributed by atoms with Crippen molar-refractivity contribution in [1.29, 1.82) is 0 Å². The third-order valence-electron chi connectivity index (χ3n) is 7.97. The van der Waals surface area contributed by atoms with E-state index in [1.54, 1.807) is 42.5 Å². The number of rotatable bonds is 17. The summed E-state index contributed by atoms with van der Waals surface area (Å²) < 4.78 is 36.4. The minimum absolute atomic E-state index is 0.0941. The number of para-hydroxylation sites is 1. The molecular formula is C43H35O9P. The van der Waals surface area contributed by atoms with Gasteiger partial charge >= 0.3 is 8.60 Å². The first-order chi connectivity index (χ1) is 26.2. The van der Waals surface area contributed by atoms with Crippen LogP contribution in [0, 0.1) is 0 Å². The third kappa shape index (κ3) is 9.75. The van der Waals surface area contributed by atoms with Gasteiger partial charge in [-0.1, -0.05) is 133 Å². The molecule has 10 heteroatoms. The van der Waals surface area contributed by atoms with Crippen LogP contribution in [-0.4, -0.2) is 0 Å². The fourth-order valence-electron chi connectivity index (χ4n) is 5.29. The Morgan fingerprint density at radius 3 is 1.51 bits per heavy atom. The topological polar surface area (TPSA) is 94.8 Å². The van der Waals surface area contributed by atoms with E-state index < -0.39 is 14.0 Å². The minimum Gasteiger partial charge on any atom is -0.485 e. The molecule has 53 heavy (non-hydrogen) atoms. The molecule has 0 aliphatic heterocycles. The zero-order valence-corrected chi connectivity index (χ0v) is 29.4. The zero-order chi connectivity index (χ0) is 36.1.